The SMILES string of the molecule is O=C(N[C@H](CN1CCCC1=O)c1ccccc1)c1ccc(Br)cc1. The maximum atomic E-state index is 12.6. The summed E-state index contributed by atoms with van der Waals surface area (Å²) in [5.41, 5.74) is 1.61. The summed E-state index contributed by atoms with van der Waals surface area (Å²) in [4.78, 5) is 26.3. The average molecular weight is 387 g/mol. The Labute approximate surface area is 150 Å². The summed E-state index contributed by atoms with van der Waals surface area (Å²) < 4.78 is 0.932. The summed E-state index contributed by atoms with van der Waals surface area (Å²) in [6, 6.07) is 16.8. The van der Waals surface area contributed by atoms with Gasteiger partial charge in [0.15, 0.2) is 0 Å². The fourth-order valence-electron chi connectivity index (χ4n) is 2.88. The molecule has 5 heteroatoms. The number of amides is 2. The smallest absolute Gasteiger partial charge is 0.251 e. The Balaban J connectivity index is 1.77. The monoisotopic (exact) mass is 386 g/mol. The first kappa shape index (κ1) is 16.7. The van der Waals surface area contributed by atoms with Crippen molar-refractivity contribution in [2.45, 2.75) is 18.9 Å². The van der Waals surface area contributed by atoms with Gasteiger partial charge in [-0.25, -0.2) is 0 Å². The molecule has 1 N–H and O–H groups in total. The molecule has 0 unspecified atom stereocenters. The molecule has 2 aromatic rings. The Morgan fingerprint density at radius 2 is 1.83 bits per heavy atom. The number of rotatable bonds is 5. The molecule has 0 bridgehead atoms. The molecule has 0 aliphatic carbocycles. The van der Waals surface area contributed by atoms with E-state index in [1.165, 1.54) is 0 Å². The van der Waals surface area contributed by atoms with Gasteiger partial charge in [-0.1, -0.05) is 46.3 Å². The van der Waals surface area contributed by atoms with Crippen LogP contribution in [0.4, 0.5) is 0 Å². The van der Waals surface area contributed by atoms with Crippen molar-refractivity contribution >= 4 is 27.7 Å². The molecule has 4 nitrogen and oxygen atoms in total. The minimum absolute atomic E-state index is 0.136. The number of carbonyl (C=O) groups excluding carboxylic acids is 2. The van der Waals surface area contributed by atoms with Gasteiger partial charge in [-0.3, -0.25) is 9.59 Å². The molecule has 1 heterocycles. The first-order valence-corrected chi connectivity index (χ1v) is 8.82. The van der Waals surface area contributed by atoms with Gasteiger partial charge >= 0.3 is 0 Å². The van der Waals surface area contributed by atoms with Crippen LogP contribution in [0.15, 0.2) is 59.1 Å². The summed E-state index contributed by atoms with van der Waals surface area (Å²) in [6.07, 6.45) is 1.49. The predicted octanol–water partition coefficient (Wildman–Crippen LogP) is 3.54. The molecule has 1 atom stereocenters. The van der Waals surface area contributed by atoms with Crippen molar-refractivity contribution in [2.75, 3.05) is 13.1 Å². The molecule has 1 saturated heterocycles. The second-order valence-electron chi connectivity index (χ2n) is 5.89. The number of nitrogens with zero attached hydrogens (tertiary/aromatic N) is 1. The van der Waals surface area contributed by atoms with E-state index < -0.39 is 0 Å². The van der Waals surface area contributed by atoms with E-state index in [9.17, 15) is 9.59 Å². The number of nitrogens with one attached hydrogen (secondary N) is 1. The van der Waals surface area contributed by atoms with Gasteiger partial charge < -0.3 is 10.2 Å². The quantitative estimate of drug-likeness (QED) is 0.853. The number of carbonyl (C=O) groups is 2. The molecule has 2 aromatic carbocycles. The Morgan fingerprint density at radius 3 is 2.46 bits per heavy atom. The van der Waals surface area contributed by atoms with Crippen LogP contribution in [0, 0.1) is 0 Å². The van der Waals surface area contributed by atoms with Crippen molar-refractivity contribution < 1.29 is 9.59 Å². The van der Waals surface area contributed by atoms with Crippen LogP contribution < -0.4 is 5.32 Å². The highest BCUT2D eigenvalue weighted by molar-refractivity contribution is 9.10. The lowest BCUT2D eigenvalue weighted by Crippen LogP contribution is -2.38. The van der Waals surface area contributed by atoms with Gasteiger partial charge in [0.25, 0.3) is 5.91 Å². The predicted molar refractivity (Wildman–Crippen MR) is 96.6 cm³/mol. The average Bonchev–Trinajstić information content (AvgIpc) is 3.00. The molecule has 2 amide bonds. The van der Waals surface area contributed by atoms with Crippen molar-refractivity contribution in [3.63, 3.8) is 0 Å². The Kier molecular flexibility index (Phi) is 5.30. The van der Waals surface area contributed by atoms with Crippen LogP contribution in [-0.4, -0.2) is 29.8 Å². The number of likely N-dealkylation sites (tertiary alicyclic amines) is 1. The Bertz CT molecular complexity index is 716. The normalized spacial score (nSPS) is 15.4. The van der Waals surface area contributed by atoms with E-state index in [-0.39, 0.29) is 17.9 Å². The van der Waals surface area contributed by atoms with Gasteiger partial charge in [-0.2, -0.15) is 0 Å². The van der Waals surface area contributed by atoms with Crippen molar-refractivity contribution in [1.29, 1.82) is 0 Å². The van der Waals surface area contributed by atoms with Crippen LogP contribution >= 0.6 is 15.9 Å². The molecule has 1 aliphatic rings. The molecular formula is C19H19BrN2O2. The summed E-state index contributed by atoms with van der Waals surface area (Å²) in [7, 11) is 0. The van der Waals surface area contributed by atoms with Gasteiger partial charge in [-0.15, -0.1) is 0 Å². The third-order valence-electron chi connectivity index (χ3n) is 4.19. The van der Waals surface area contributed by atoms with E-state index >= 15 is 0 Å². The topological polar surface area (TPSA) is 49.4 Å². The molecule has 0 spiro atoms. The maximum Gasteiger partial charge on any atom is 0.251 e. The van der Waals surface area contributed by atoms with Crippen LogP contribution in [0.5, 0.6) is 0 Å². The molecule has 124 valence electrons. The zero-order valence-corrected chi connectivity index (χ0v) is 14.8. The lowest BCUT2D eigenvalue weighted by molar-refractivity contribution is -0.128. The third-order valence-corrected chi connectivity index (χ3v) is 4.72. The minimum Gasteiger partial charge on any atom is -0.343 e. The van der Waals surface area contributed by atoms with Gasteiger partial charge in [0, 0.05) is 29.5 Å². The van der Waals surface area contributed by atoms with E-state index in [0.29, 0.717) is 18.5 Å². The van der Waals surface area contributed by atoms with E-state index in [2.05, 4.69) is 21.2 Å². The molecule has 0 saturated carbocycles. The van der Waals surface area contributed by atoms with Crippen LogP contribution in [0.1, 0.15) is 34.8 Å². The van der Waals surface area contributed by atoms with Gasteiger partial charge in [0.05, 0.1) is 6.04 Å². The number of benzene rings is 2. The molecule has 24 heavy (non-hydrogen) atoms. The van der Waals surface area contributed by atoms with Crippen molar-refractivity contribution in [1.82, 2.24) is 10.2 Å². The van der Waals surface area contributed by atoms with E-state index in [4.69, 9.17) is 0 Å². The fraction of sp³-hybridized carbons (Fsp3) is 0.263. The van der Waals surface area contributed by atoms with E-state index in [0.717, 1.165) is 23.0 Å². The van der Waals surface area contributed by atoms with Gasteiger partial charge in [0.1, 0.15) is 0 Å². The van der Waals surface area contributed by atoms with Crippen LogP contribution in [0.25, 0.3) is 0 Å². The van der Waals surface area contributed by atoms with Crippen molar-refractivity contribution in [3.05, 3.63) is 70.2 Å². The van der Waals surface area contributed by atoms with Crippen LogP contribution in [0.3, 0.4) is 0 Å². The highest BCUT2D eigenvalue weighted by Gasteiger charge is 2.25. The third kappa shape index (κ3) is 4.03. The zero-order chi connectivity index (χ0) is 16.9. The first-order valence-electron chi connectivity index (χ1n) is 8.02. The maximum absolute atomic E-state index is 12.6. The van der Waals surface area contributed by atoms with E-state index in [1.807, 2.05) is 47.4 Å². The second-order valence-corrected chi connectivity index (χ2v) is 6.80. The second kappa shape index (κ2) is 7.62. The lowest BCUT2D eigenvalue weighted by atomic mass is 10.1. The number of hydrogen-bond donors (Lipinski definition) is 1. The van der Waals surface area contributed by atoms with Gasteiger partial charge in [-0.05, 0) is 36.2 Å². The summed E-state index contributed by atoms with van der Waals surface area (Å²) >= 11 is 3.37. The molecule has 0 aromatic heterocycles. The van der Waals surface area contributed by atoms with Gasteiger partial charge in [0.2, 0.25) is 5.91 Å². The molecular weight excluding hydrogens is 368 g/mol. The minimum atomic E-state index is -0.218. The summed E-state index contributed by atoms with van der Waals surface area (Å²) in [5, 5.41) is 3.07. The highest BCUT2D eigenvalue weighted by Crippen LogP contribution is 2.19. The zero-order valence-electron chi connectivity index (χ0n) is 13.2. The lowest BCUT2D eigenvalue weighted by Gasteiger charge is -2.25. The standard InChI is InChI=1S/C19H19BrN2O2/c20-16-10-8-15(9-11-16)19(24)21-17(14-5-2-1-3-6-14)13-22-12-4-7-18(22)23/h1-3,5-6,8-11,17H,4,7,12-13H2,(H,21,24)/t17-/m1/s1. The summed E-state index contributed by atoms with van der Waals surface area (Å²) in [6.45, 7) is 1.27. The highest BCUT2D eigenvalue weighted by atomic mass is 79.9. The molecule has 1 fully saturated rings. The van der Waals surface area contributed by atoms with Crippen LogP contribution in [0.2, 0.25) is 0 Å². The van der Waals surface area contributed by atoms with E-state index in [1.54, 1.807) is 12.1 Å². The Hall–Kier alpha value is -2.14. The Morgan fingerprint density at radius 1 is 1.12 bits per heavy atom. The first-order chi connectivity index (χ1) is 11.6. The molecule has 0 radical (unpaired) electrons. The molecule has 3 rings (SSSR count). The number of hydrogen-bond acceptors (Lipinski definition) is 2. The van der Waals surface area contributed by atoms with Crippen LogP contribution in [-0.2, 0) is 4.79 Å². The largest absolute Gasteiger partial charge is 0.343 e. The summed E-state index contributed by atoms with van der Waals surface area (Å²) in [5.74, 6) is 0.0248. The molecule has 1 aliphatic heterocycles. The fourth-order valence-corrected chi connectivity index (χ4v) is 3.14. The number of halogens is 1. The van der Waals surface area contributed by atoms with Crippen molar-refractivity contribution in [3.8, 4) is 0 Å². The van der Waals surface area contributed by atoms with Crippen molar-refractivity contribution in [2.24, 2.45) is 0 Å².